The van der Waals surface area contributed by atoms with Gasteiger partial charge in [0.05, 0.1) is 24.0 Å². The van der Waals surface area contributed by atoms with Crippen LogP contribution in [0.3, 0.4) is 0 Å². The summed E-state index contributed by atoms with van der Waals surface area (Å²) in [5.74, 6) is -0.517. The maximum absolute atomic E-state index is 12.9. The van der Waals surface area contributed by atoms with E-state index in [-0.39, 0.29) is 11.8 Å². The van der Waals surface area contributed by atoms with E-state index in [1.807, 2.05) is 0 Å². The molecule has 0 bridgehead atoms. The molecule has 3 rings (SSSR count). The molecule has 2 aliphatic rings. The molecule has 2 atom stereocenters. The maximum Gasteiger partial charge on any atom is 0.416 e. The van der Waals surface area contributed by atoms with Crippen LogP contribution in [0.1, 0.15) is 18.4 Å². The zero-order chi connectivity index (χ0) is 18.2. The number of hydrogen-bond acceptors (Lipinski definition) is 3. The predicted molar refractivity (Wildman–Crippen MR) is 84.0 cm³/mol. The number of nitrogens with zero attached hydrogens (tertiary/aromatic N) is 2. The number of anilines is 1. The third kappa shape index (κ3) is 3.26. The Bertz CT molecular complexity index is 705. The summed E-state index contributed by atoms with van der Waals surface area (Å²) >= 11 is 0. The van der Waals surface area contributed by atoms with Crippen LogP contribution in [0.25, 0.3) is 0 Å². The highest BCUT2D eigenvalue weighted by molar-refractivity contribution is 6.21. The zero-order valence-corrected chi connectivity index (χ0v) is 13.3. The largest absolute Gasteiger partial charge is 0.416 e. The first-order valence-corrected chi connectivity index (χ1v) is 7.87. The number of hydrogen-bond donors (Lipinski definition) is 0. The number of alkyl halides is 3. The van der Waals surface area contributed by atoms with Crippen molar-refractivity contribution in [3.63, 3.8) is 0 Å². The second kappa shape index (κ2) is 6.51. The molecule has 0 N–H and O–H groups in total. The predicted octanol–water partition coefficient (Wildman–Crippen LogP) is 3.21. The van der Waals surface area contributed by atoms with Crippen molar-refractivity contribution in [1.29, 1.82) is 0 Å². The Kier molecular flexibility index (Phi) is 4.55. The van der Waals surface area contributed by atoms with Gasteiger partial charge < -0.3 is 9.64 Å². The molecule has 0 aliphatic carbocycles. The zero-order valence-electron chi connectivity index (χ0n) is 13.3. The normalized spacial score (nSPS) is 23.8. The number of amides is 3. The van der Waals surface area contributed by atoms with E-state index in [1.165, 1.54) is 17.0 Å². The topological polar surface area (TPSA) is 49.9 Å². The molecule has 0 aromatic heterocycles. The molecule has 1 aromatic carbocycles. The number of benzene rings is 1. The van der Waals surface area contributed by atoms with Crippen LogP contribution >= 0.6 is 0 Å². The quantitative estimate of drug-likeness (QED) is 0.616. The number of carbonyl (C=O) groups excluding carboxylic acids is 2. The monoisotopic (exact) mass is 354 g/mol. The third-order valence-electron chi connectivity index (χ3n) is 4.38. The minimum atomic E-state index is -4.54. The van der Waals surface area contributed by atoms with Crippen molar-refractivity contribution in [3.8, 4) is 0 Å². The molecule has 3 amide bonds. The average Bonchev–Trinajstić information content (AvgIpc) is 2.83. The molecule has 2 fully saturated rings. The van der Waals surface area contributed by atoms with Crippen LogP contribution in [0.15, 0.2) is 36.9 Å². The molecule has 0 radical (unpaired) electrons. The number of ether oxygens (including phenoxy) is 1. The molecule has 0 spiro atoms. The van der Waals surface area contributed by atoms with Gasteiger partial charge in [-0.05, 0) is 24.6 Å². The number of fused-ring (bicyclic) bond motifs is 1. The van der Waals surface area contributed by atoms with Gasteiger partial charge in [-0.3, -0.25) is 4.79 Å². The number of carbonyl (C=O) groups is 2. The maximum atomic E-state index is 12.9. The van der Waals surface area contributed by atoms with Gasteiger partial charge in [-0.1, -0.05) is 12.1 Å². The number of halogens is 3. The van der Waals surface area contributed by atoms with Crippen molar-refractivity contribution in [2.24, 2.45) is 0 Å². The van der Waals surface area contributed by atoms with Gasteiger partial charge in [0.25, 0.3) is 5.91 Å². The fraction of sp³-hybridized carbons (Fsp3) is 0.412. The molecule has 25 heavy (non-hydrogen) atoms. The van der Waals surface area contributed by atoms with Crippen molar-refractivity contribution in [2.75, 3.05) is 18.1 Å². The summed E-state index contributed by atoms with van der Waals surface area (Å²) in [6.45, 7) is 4.23. The molecule has 8 heteroatoms. The van der Waals surface area contributed by atoms with E-state index < -0.39 is 29.7 Å². The number of urea groups is 1. The molecular weight excluding hydrogens is 337 g/mol. The summed E-state index contributed by atoms with van der Waals surface area (Å²) in [4.78, 5) is 27.4. The van der Waals surface area contributed by atoms with Gasteiger partial charge in [-0.15, -0.1) is 6.58 Å². The lowest BCUT2D eigenvalue weighted by atomic mass is 10.0. The summed E-state index contributed by atoms with van der Waals surface area (Å²) in [6.07, 6.45) is -2.23. The SMILES string of the molecule is C=CCOC1CCN2C(=O)N(c3cccc(C(F)(F)F)c3)C(=O)C2C1. The van der Waals surface area contributed by atoms with Crippen LogP contribution in [0.5, 0.6) is 0 Å². The van der Waals surface area contributed by atoms with Crippen molar-refractivity contribution < 1.29 is 27.5 Å². The Morgan fingerprint density at radius 2 is 2.08 bits per heavy atom. The highest BCUT2D eigenvalue weighted by Crippen LogP contribution is 2.35. The van der Waals surface area contributed by atoms with Crippen molar-refractivity contribution in [1.82, 2.24) is 4.90 Å². The minimum absolute atomic E-state index is 0.0669. The van der Waals surface area contributed by atoms with Crippen LogP contribution in [0, 0.1) is 0 Å². The highest BCUT2D eigenvalue weighted by Gasteiger charge is 2.49. The van der Waals surface area contributed by atoms with E-state index in [1.54, 1.807) is 6.08 Å². The van der Waals surface area contributed by atoms with Gasteiger partial charge in [-0.25, -0.2) is 9.69 Å². The van der Waals surface area contributed by atoms with Crippen LogP contribution < -0.4 is 4.90 Å². The number of rotatable bonds is 4. The van der Waals surface area contributed by atoms with E-state index >= 15 is 0 Å². The molecule has 0 saturated carbocycles. The Morgan fingerprint density at radius 3 is 2.76 bits per heavy atom. The molecular formula is C17H17F3N2O3. The van der Waals surface area contributed by atoms with Crippen molar-refractivity contribution in [3.05, 3.63) is 42.5 Å². The van der Waals surface area contributed by atoms with Crippen molar-refractivity contribution >= 4 is 17.6 Å². The third-order valence-corrected chi connectivity index (χ3v) is 4.38. The highest BCUT2D eigenvalue weighted by atomic mass is 19.4. The average molecular weight is 354 g/mol. The van der Waals surface area contributed by atoms with E-state index in [4.69, 9.17) is 4.74 Å². The summed E-state index contributed by atoms with van der Waals surface area (Å²) in [7, 11) is 0. The summed E-state index contributed by atoms with van der Waals surface area (Å²) in [5, 5.41) is 0. The van der Waals surface area contributed by atoms with Gasteiger partial charge in [0.2, 0.25) is 0 Å². The number of imide groups is 1. The molecule has 2 unspecified atom stereocenters. The summed E-state index contributed by atoms with van der Waals surface area (Å²) < 4.78 is 44.2. The fourth-order valence-electron chi connectivity index (χ4n) is 3.18. The molecule has 2 saturated heterocycles. The molecule has 2 heterocycles. The van der Waals surface area contributed by atoms with E-state index in [2.05, 4.69) is 6.58 Å². The van der Waals surface area contributed by atoms with Crippen LogP contribution in [0.4, 0.5) is 23.7 Å². The molecule has 1 aromatic rings. The van der Waals surface area contributed by atoms with Gasteiger partial charge in [0, 0.05) is 13.0 Å². The lowest BCUT2D eigenvalue weighted by Gasteiger charge is -2.32. The molecule has 134 valence electrons. The second-order valence-corrected chi connectivity index (χ2v) is 5.98. The standard InChI is InChI=1S/C17H17F3N2O3/c1-2-8-25-13-6-7-21-14(10-13)15(23)22(16(21)24)12-5-3-4-11(9-12)17(18,19)20/h2-5,9,13-14H,1,6-8,10H2. The Hall–Kier alpha value is -2.35. The first kappa shape index (κ1) is 17.5. The molecule has 5 nitrogen and oxygen atoms in total. The Balaban J connectivity index is 1.84. The minimum Gasteiger partial charge on any atom is -0.374 e. The lowest BCUT2D eigenvalue weighted by Crippen LogP contribution is -2.44. The fourth-order valence-corrected chi connectivity index (χ4v) is 3.18. The first-order chi connectivity index (χ1) is 11.8. The summed E-state index contributed by atoms with van der Waals surface area (Å²) in [6, 6.07) is 2.95. The smallest absolute Gasteiger partial charge is 0.374 e. The van der Waals surface area contributed by atoms with E-state index in [0.717, 1.165) is 17.0 Å². The second-order valence-electron chi connectivity index (χ2n) is 5.98. The van der Waals surface area contributed by atoms with Crippen LogP contribution in [-0.2, 0) is 15.7 Å². The number of piperidine rings is 1. The Morgan fingerprint density at radius 1 is 1.32 bits per heavy atom. The van der Waals surface area contributed by atoms with Crippen LogP contribution in [0.2, 0.25) is 0 Å². The summed E-state index contributed by atoms with van der Waals surface area (Å²) in [5.41, 5.74) is -0.967. The first-order valence-electron chi connectivity index (χ1n) is 7.87. The van der Waals surface area contributed by atoms with E-state index in [9.17, 15) is 22.8 Å². The van der Waals surface area contributed by atoms with Crippen LogP contribution in [-0.4, -0.2) is 42.1 Å². The van der Waals surface area contributed by atoms with Gasteiger partial charge in [0.1, 0.15) is 6.04 Å². The van der Waals surface area contributed by atoms with Crippen molar-refractivity contribution in [2.45, 2.75) is 31.2 Å². The molecule has 2 aliphatic heterocycles. The lowest BCUT2D eigenvalue weighted by molar-refractivity contribution is -0.137. The van der Waals surface area contributed by atoms with E-state index in [0.29, 0.717) is 26.0 Å². The Labute approximate surface area is 142 Å². The van der Waals surface area contributed by atoms with Gasteiger partial charge in [-0.2, -0.15) is 13.2 Å². The van der Waals surface area contributed by atoms with Gasteiger partial charge >= 0.3 is 12.2 Å². The van der Waals surface area contributed by atoms with Gasteiger partial charge in [0.15, 0.2) is 0 Å².